The van der Waals surface area contributed by atoms with E-state index < -0.39 is 5.54 Å². The van der Waals surface area contributed by atoms with E-state index in [4.69, 9.17) is 21.2 Å². The van der Waals surface area contributed by atoms with Crippen LogP contribution in [-0.4, -0.2) is 48.4 Å². The van der Waals surface area contributed by atoms with Gasteiger partial charge in [0.15, 0.2) is 11.5 Å². The van der Waals surface area contributed by atoms with Crippen molar-refractivity contribution in [2.75, 3.05) is 13.2 Å². The van der Waals surface area contributed by atoms with Crippen LogP contribution in [0.2, 0.25) is 0 Å². The van der Waals surface area contributed by atoms with Gasteiger partial charge in [-0.05, 0) is 44.7 Å². The van der Waals surface area contributed by atoms with Crippen LogP contribution in [0, 0.1) is 6.92 Å². The highest BCUT2D eigenvalue weighted by atomic mass is 16.5. The van der Waals surface area contributed by atoms with Gasteiger partial charge in [-0.3, -0.25) is 0 Å². The summed E-state index contributed by atoms with van der Waals surface area (Å²) in [4.78, 5) is 13.9. The first-order valence-corrected chi connectivity index (χ1v) is 10.8. The molecule has 0 radical (unpaired) electrons. The number of aromatic nitrogens is 6. The van der Waals surface area contributed by atoms with E-state index >= 15 is 0 Å². The molecule has 9 heteroatoms. The van der Waals surface area contributed by atoms with Crippen molar-refractivity contribution in [2.45, 2.75) is 50.2 Å². The standard InChI is InChI=1S/C22H26N8O/c1-13-27-20-18(30(13)16-3-6-31-7-4-16)8-14(11-25-20)17-2-5-29-19(17)12-26-21(28-29)22(24)9-15(23)10-22/h2,5,8,11-12,15-16H,3-4,6-7,9-10,23-24H2,1H3. The highest BCUT2D eigenvalue weighted by Crippen LogP contribution is 2.36. The predicted octanol–water partition coefficient (Wildman–Crippen LogP) is 2.08. The number of hydrogen-bond donors (Lipinski definition) is 2. The number of nitrogens with two attached hydrogens (primary N) is 2. The molecule has 0 bridgehead atoms. The monoisotopic (exact) mass is 418 g/mol. The Kier molecular flexibility index (Phi) is 4.14. The lowest BCUT2D eigenvalue weighted by atomic mass is 9.73. The van der Waals surface area contributed by atoms with Gasteiger partial charge >= 0.3 is 0 Å². The van der Waals surface area contributed by atoms with Crippen LogP contribution in [0.15, 0.2) is 30.7 Å². The molecule has 1 aliphatic carbocycles. The van der Waals surface area contributed by atoms with Gasteiger partial charge in [0.2, 0.25) is 0 Å². The molecule has 160 valence electrons. The van der Waals surface area contributed by atoms with E-state index in [-0.39, 0.29) is 6.04 Å². The summed E-state index contributed by atoms with van der Waals surface area (Å²) in [5.74, 6) is 1.64. The van der Waals surface area contributed by atoms with E-state index in [2.05, 4.69) is 32.6 Å². The maximum Gasteiger partial charge on any atom is 0.177 e. The maximum absolute atomic E-state index is 6.43. The summed E-state index contributed by atoms with van der Waals surface area (Å²) in [5, 5.41) is 4.68. The Hall–Kier alpha value is -2.88. The Labute approximate surface area is 179 Å². The highest BCUT2D eigenvalue weighted by Gasteiger charge is 2.43. The molecule has 0 amide bonds. The molecular formula is C22H26N8O. The van der Waals surface area contributed by atoms with Crippen LogP contribution >= 0.6 is 0 Å². The molecule has 4 aromatic rings. The lowest BCUT2D eigenvalue weighted by Crippen LogP contribution is -2.56. The van der Waals surface area contributed by atoms with Crippen LogP contribution in [0.25, 0.3) is 27.8 Å². The molecule has 0 atom stereocenters. The summed E-state index contributed by atoms with van der Waals surface area (Å²) in [6, 6.07) is 4.75. The summed E-state index contributed by atoms with van der Waals surface area (Å²) in [5.41, 5.74) is 16.7. The van der Waals surface area contributed by atoms with Gasteiger partial charge in [0, 0.05) is 48.8 Å². The summed E-state index contributed by atoms with van der Waals surface area (Å²) < 4.78 is 9.72. The molecule has 9 nitrogen and oxygen atoms in total. The average molecular weight is 419 g/mol. The molecule has 0 aromatic carbocycles. The first kappa shape index (κ1) is 18.9. The fourth-order valence-corrected chi connectivity index (χ4v) is 5.07. The van der Waals surface area contributed by atoms with Gasteiger partial charge < -0.3 is 20.8 Å². The summed E-state index contributed by atoms with van der Waals surface area (Å²) in [7, 11) is 0. The average Bonchev–Trinajstić information content (AvgIpc) is 3.32. The van der Waals surface area contributed by atoms with E-state index in [1.165, 1.54) is 0 Å². The van der Waals surface area contributed by atoms with Crippen LogP contribution in [0.4, 0.5) is 0 Å². The lowest BCUT2D eigenvalue weighted by Gasteiger charge is -2.41. The second-order valence-electron chi connectivity index (χ2n) is 8.90. The number of hydrogen-bond acceptors (Lipinski definition) is 7. The first-order chi connectivity index (χ1) is 15.0. The van der Waals surface area contributed by atoms with E-state index in [1.54, 1.807) is 0 Å². The quantitative estimate of drug-likeness (QED) is 0.522. The highest BCUT2D eigenvalue weighted by molar-refractivity contribution is 5.85. The number of imidazole rings is 1. The molecule has 1 saturated heterocycles. The molecule has 4 aromatic heterocycles. The molecule has 1 aliphatic heterocycles. The van der Waals surface area contributed by atoms with E-state index in [0.717, 1.165) is 59.7 Å². The zero-order valence-corrected chi connectivity index (χ0v) is 17.5. The first-order valence-electron chi connectivity index (χ1n) is 10.8. The summed E-state index contributed by atoms with van der Waals surface area (Å²) in [6.07, 6.45) is 9.08. The summed E-state index contributed by atoms with van der Waals surface area (Å²) >= 11 is 0. The van der Waals surface area contributed by atoms with Crippen LogP contribution in [-0.2, 0) is 10.3 Å². The third kappa shape index (κ3) is 2.95. The molecule has 2 aliphatic rings. The molecule has 4 N–H and O–H groups in total. The maximum atomic E-state index is 6.43. The molecular weight excluding hydrogens is 392 g/mol. The Balaban J connectivity index is 1.42. The van der Waals surface area contributed by atoms with Crippen molar-refractivity contribution in [3.05, 3.63) is 42.4 Å². The van der Waals surface area contributed by atoms with Gasteiger partial charge in [-0.1, -0.05) is 0 Å². The Morgan fingerprint density at radius 2 is 1.94 bits per heavy atom. The lowest BCUT2D eigenvalue weighted by molar-refractivity contribution is 0.0701. The SMILES string of the molecule is Cc1nc2ncc(-c3ccn4nc(C5(N)CC(N)C5)ncc34)cc2n1C1CCOCC1. The predicted molar refractivity (Wildman–Crippen MR) is 116 cm³/mol. The minimum Gasteiger partial charge on any atom is -0.381 e. The number of fused-ring (bicyclic) bond motifs is 2. The Morgan fingerprint density at radius 3 is 2.71 bits per heavy atom. The third-order valence-corrected chi connectivity index (χ3v) is 6.71. The van der Waals surface area contributed by atoms with Gasteiger partial charge in [0.25, 0.3) is 0 Å². The van der Waals surface area contributed by atoms with Gasteiger partial charge in [-0.2, -0.15) is 5.10 Å². The fraction of sp³-hybridized carbons (Fsp3) is 0.455. The summed E-state index contributed by atoms with van der Waals surface area (Å²) in [6.45, 7) is 3.62. The molecule has 2 fully saturated rings. The minimum atomic E-state index is -0.522. The topological polar surface area (TPSA) is 122 Å². The molecule has 6 rings (SSSR count). The largest absolute Gasteiger partial charge is 0.381 e. The zero-order valence-electron chi connectivity index (χ0n) is 17.5. The van der Waals surface area contributed by atoms with Crippen LogP contribution < -0.4 is 11.5 Å². The number of aryl methyl sites for hydroxylation is 1. The molecule has 31 heavy (non-hydrogen) atoms. The Morgan fingerprint density at radius 1 is 1.13 bits per heavy atom. The van der Waals surface area contributed by atoms with E-state index in [1.807, 2.05) is 29.2 Å². The van der Waals surface area contributed by atoms with Gasteiger partial charge in [-0.25, -0.2) is 19.5 Å². The van der Waals surface area contributed by atoms with Crippen molar-refractivity contribution < 1.29 is 4.74 Å². The molecule has 0 spiro atoms. The second-order valence-corrected chi connectivity index (χ2v) is 8.90. The van der Waals surface area contributed by atoms with Crippen LogP contribution in [0.3, 0.4) is 0 Å². The Bertz CT molecular complexity index is 1280. The van der Waals surface area contributed by atoms with E-state index in [0.29, 0.717) is 24.7 Å². The zero-order chi connectivity index (χ0) is 21.2. The van der Waals surface area contributed by atoms with Crippen molar-refractivity contribution in [2.24, 2.45) is 11.5 Å². The van der Waals surface area contributed by atoms with Crippen molar-refractivity contribution in [1.29, 1.82) is 0 Å². The fourth-order valence-electron chi connectivity index (χ4n) is 5.07. The molecule has 1 saturated carbocycles. The number of ether oxygens (including phenoxy) is 1. The van der Waals surface area contributed by atoms with Gasteiger partial charge in [-0.15, -0.1) is 0 Å². The van der Waals surface area contributed by atoms with Crippen molar-refractivity contribution >= 4 is 16.7 Å². The number of nitrogens with zero attached hydrogens (tertiary/aromatic N) is 6. The third-order valence-electron chi connectivity index (χ3n) is 6.71. The molecule has 0 unspecified atom stereocenters. The second kappa shape index (κ2) is 6.81. The van der Waals surface area contributed by atoms with Gasteiger partial charge in [0.05, 0.1) is 22.8 Å². The normalized spacial score (nSPS) is 24.7. The van der Waals surface area contributed by atoms with Crippen molar-refractivity contribution in [3.8, 4) is 11.1 Å². The number of pyridine rings is 1. The van der Waals surface area contributed by atoms with Crippen LogP contribution in [0.5, 0.6) is 0 Å². The van der Waals surface area contributed by atoms with Crippen LogP contribution in [0.1, 0.15) is 43.4 Å². The van der Waals surface area contributed by atoms with Gasteiger partial charge in [0.1, 0.15) is 5.82 Å². The smallest absolute Gasteiger partial charge is 0.177 e. The minimum absolute atomic E-state index is 0.131. The number of rotatable bonds is 3. The van der Waals surface area contributed by atoms with E-state index in [9.17, 15) is 0 Å². The van der Waals surface area contributed by atoms with Crippen molar-refractivity contribution in [1.82, 2.24) is 29.1 Å². The molecule has 5 heterocycles. The van der Waals surface area contributed by atoms with Crippen molar-refractivity contribution in [3.63, 3.8) is 0 Å².